The predicted octanol–water partition coefficient (Wildman–Crippen LogP) is 4.75. The zero-order chi connectivity index (χ0) is 13.5. The topological polar surface area (TPSA) is 29.1 Å². The highest BCUT2D eigenvalue weighted by molar-refractivity contribution is 14.1. The van der Waals surface area contributed by atoms with Crippen LogP contribution in [0.15, 0.2) is 22.7 Å². The molecule has 0 bridgehead atoms. The monoisotopic (exact) mass is 423 g/mol. The summed E-state index contributed by atoms with van der Waals surface area (Å²) in [6.45, 7) is 4.26. The Hall–Kier alpha value is -0.100. The highest BCUT2D eigenvalue weighted by Gasteiger charge is 2.12. The fraction of sp³-hybridized carbons (Fsp3) is 0.500. The average Bonchev–Trinajstić information content (AvgIpc) is 2.32. The summed E-state index contributed by atoms with van der Waals surface area (Å²) in [6.07, 6.45) is 4.66. The van der Waals surface area contributed by atoms with E-state index in [0.29, 0.717) is 0 Å². The molecule has 0 aliphatic carbocycles. The second-order valence-corrected chi connectivity index (χ2v) is 6.57. The van der Waals surface area contributed by atoms with Crippen LogP contribution in [-0.2, 0) is 0 Å². The SMILES string of the molecule is CCCCCC(C)NC(=O)c1cc(Br)ccc1I. The summed E-state index contributed by atoms with van der Waals surface area (Å²) in [4.78, 5) is 12.1. The number of hydrogen-bond acceptors (Lipinski definition) is 1. The van der Waals surface area contributed by atoms with E-state index in [2.05, 4.69) is 57.7 Å². The van der Waals surface area contributed by atoms with Gasteiger partial charge in [0, 0.05) is 14.1 Å². The Bertz CT molecular complexity index is 409. The number of benzene rings is 1. The van der Waals surface area contributed by atoms with E-state index >= 15 is 0 Å². The molecule has 1 N–H and O–H groups in total. The van der Waals surface area contributed by atoms with Gasteiger partial charge in [0.25, 0.3) is 5.91 Å². The van der Waals surface area contributed by atoms with Gasteiger partial charge >= 0.3 is 0 Å². The molecule has 0 fully saturated rings. The van der Waals surface area contributed by atoms with Crippen LogP contribution in [0.25, 0.3) is 0 Å². The molecule has 0 aromatic heterocycles. The van der Waals surface area contributed by atoms with Crippen LogP contribution in [0.3, 0.4) is 0 Å². The van der Waals surface area contributed by atoms with Gasteiger partial charge in [-0.15, -0.1) is 0 Å². The number of halogens is 2. The van der Waals surface area contributed by atoms with Crippen molar-refractivity contribution >= 4 is 44.4 Å². The molecule has 0 aliphatic rings. The standard InChI is InChI=1S/C14H19BrINO/c1-3-4-5-6-10(2)17-14(18)12-9-11(15)7-8-13(12)16/h7-10H,3-6H2,1-2H3,(H,17,18). The van der Waals surface area contributed by atoms with Crippen LogP contribution in [0.5, 0.6) is 0 Å². The Morgan fingerprint density at radius 2 is 2.17 bits per heavy atom. The molecule has 0 saturated carbocycles. The van der Waals surface area contributed by atoms with E-state index in [4.69, 9.17) is 0 Å². The molecular formula is C14H19BrINO. The number of carbonyl (C=O) groups excluding carboxylic acids is 1. The maximum Gasteiger partial charge on any atom is 0.252 e. The molecule has 1 rings (SSSR count). The summed E-state index contributed by atoms with van der Waals surface area (Å²) >= 11 is 5.59. The van der Waals surface area contributed by atoms with Crippen molar-refractivity contribution in [3.63, 3.8) is 0 Å². The number of rotatable bonds is 6. The number of carbonyl (C=O) groups is 1. The van der Waals surface area contributed by atoms with E-state index < -0.39 is 0 Å². The molecule has 18 heavy (non-hydrogen) atoms. The van der Waals surface area contributed by atoms with Crippen LogP contribution in [0, 0.1) is 3.57 Å². The lowest BCUT2D eigenvalue weighted by Crippen LogP contribution is -2.33. The number of unbranched alkanes of at least 4 members (excludes halogenated alkanes) is 2. The Kier molecular flexibility index (Phi) is 7.22. The molecule has 0 aliphatic heterocycles. The highest BCUT2D eigenvalue weighted by Crippen LogP contribution is 2.18. The smallest absolute Gasteiger partial charge is 0.252 e. The molecule has 1 aromatic carbocycles. The van der Waals surface area contributed by atoms with Gasteiger partial charge in [0.1, 0.15) is 0 Å². The molecule has 1 amide bonds. The van der Waals surface area contributed by atoms with E-state index in [0.717, 1.165) is 20.0 Å². The number of amides is 1. The van der Waals surface area contributed by atoms with Gasteiger partial charge < -0.3 is 5.32 Å². The van der Waals surface area contributed by atoms with Gasteiger partial charge in [0.15, 0.2) is 0 Å². The lowest BCUT2D eigenvalue weighted by Gasteiger charge is -2.14. The lowest BCUT2D eigenvalue weighted by atomic mass is 10.1. The van der Waals surface area contributed by atoms with Crippen molar-refractivity contribution in [2.75, 3.05) is 0 Å². The van der Waals surface area contributed by atoms with E-state index in [1.165, 1.54) is 19.3 Å². The minimum absolute atomic E-state index is 0.0182. The lowest BCUT2D eigenvalue weighted by molar-refractivity contribution is 0.0937. The third-order valence-corrected chi connectivity index (χ3v) is 4.23. The Labute approximate surface area is 131 Å². The molecular weight excluding hydrogens is 405 g/mol. The summed E-state index contributed by atoms with van der Waals surface area (Å²) in [6, 6.07) is 6.00. The van der Waals surface area contributed by atoms with Gasteiger partial charge in [-0.3, -0.25) is 4.79 Å². The first-order valence-corrected chi connectivity index (χ1v) is 8.17. The molecule has 0 saturated heterocycles. The van der Waals surface area contributed by atoms with Crippen LogP contribution in [0.4, 0.5) is 0 Å². The van der Waals surface area contributed by atoms with Gasteiger partial charge in [0.05, 0.1) is 5.56 Å². The summed E-state index contributed by atoms with van der Waals surface area (Å²) < 4.78 is 1.92. The molecule has 0 radical (unpaired) electrons. The summed E-state index contributed by atoms with van der Waals surface area (Å²) in [7, 11) is 0. The molecule has 100 valence electrons. The minimum atomic E-state index is 0.0182. The first kappa shape index (κ1) is 16.0. The highest BCUT2D eigenvalue weighted by atomic mass is 127. The first-order valence-electron chi connectivity index (χ1n) is 6.30. The van der Waals surface area contributed by atoms with Crippen molar-refractivity contribution in [3.8, 4) is 0 Å². The number of hydrogen-bond donors (Lipinski definition) is 1. The molecule has 0 spiro atoms. The van der Waals surface area contributed by atoms with Gasteiger partial charge in [-0.05, 0) is 54.1 Å². The Morgan fingerprint density at radius 3 is 2.83 bits per heavy atom. The second-order valence-electron chi connectivity index (χ2n) is 4.49. The van der Waals surface area contributed by atoms with Crippen molar-refractivity contribution in [1.82, 2.24) is 5.32 Å². The van der Waals surface area contributed by atoms with E-state index in [1.54, 1.807) is 0 Å². The third kappa shape index (κ3) is 5.26. The summed E-state index contributed by atoms with van der Waals surface area (Å²) in [5.41, 5.74) is 0.743. The summed E-state index contributed by atoms with van der Waals surface area (Å²) in [5.74, 6) is 0.0182. The maximum absolute atomic E-state index is 12.1. The van der Waals surface area contributed by atoms with Crippen LogP contribution in [0.1, 0.15) is 49.9 Å². The van der Waals surface area contributed by atoms with Crippen LogP contribution < -0.4 is 5.32 Å². The fourth-order valence-corrected chi connectivity index (χ4v) is 2.69. The van der Waals surface area contributed by atoms with E-state index in [1.807, 2.05) is 18.2 Å². The Balaban J connectivity index is 2.56. The molecule has 4 heteroatoms. The third-order valence-electron chi connectivity index (χ3n) is 2.79. The van der Waals surface area contributed by atoms with Crippen LogP contribution in [0.2, 0.25) is 0 Å². The molecule has 1 atom stereocenters. The second kappa shape index (κ2) is 8.15. The maximum atomic E-state index is 12.1. The zero-order valence-corrected chi connectivity index (χ0v) is 14.5. The van der Waals surface area contributed by atoms with Crippen molar-refractivity contribution in [2.24, 2.45) is 0 Å². The van der Waals surface area contributed by atoms with Crippen molar-refractivity contribution in [2.45, 2.75) is 45.6 Å². The normalized spacial score (nSPS) is 12.2. The summed E-state index contributed by atoms with van der Waals surface area (Å²) in [5, 5.41) is 3.06. The van der Waals surface area contributed by atoms with E-state index in [9.17, 15) is 4.79 Å². The van der Waals surface area contributed by atoms with Gasteiger partial charge in [-0.25, -0.2) is 0 Å². The van der Waals surface area contributed by atoms with E-state index in [-0.39, 0.29) is 11.9 Å². The molecule has 1 unspecified atom stereocenters. The van der Waals surface area contributed by atoms with Crippen LogP contribution in [-0.4, -0.2) is 11.9 Å². The predicted molar refractivity (Wildman–Crippen MR) is 87.9 cm³/mol. The average molecular weight is 424 g/mol. The number of nitrogens with one attached hydrogen (secondary N) is 1. The van der Waals surface area contributed by atoms with Gasteiger partial charge in [0.2, 0.25) is 0 Å². The zero-order valence-electron chi connectivity index (χ0n) is 10.8. The molecule has 2 nitrogen and oxygen atoms in total. The van der Waals surface area contributed by atoms with Crippen molar-refractivity contribution < 1.29 is 4.79 Å². The molecule has 1 aromatic rings. The van der Waals surface area contributed by atoms with Gasteiger partial charge in [-0.2, -0.15) is 0 Å². The quantitative estimate of drug-likeness (QED) is 0.519. The molecule has 0 heterocycles. The van der Waals surface area contributed by atoms with Crippen LogP contribution >= 0.6 is 38.5 Å². The fourth-order valence-electron chi connectivity index (χ4n) is 1.75. The van der Waals surface area contributed by atoms with Gasteiger partial charge in [-0.1, -0.05) is 42.1 Å². The largest absolute Gasteiger partial charge is 0.350 e. The first-order chi connectivity index (χ1) is 8.54. The van der Waals surface area contributed by atoms with Crippen molar-refractivity contribution in [1.29, 1.82) is 0 Å². The Morgan fingerprint density at radius 1 is 1.44 bits per heavy atom. The minimum Gasteiger partial charge on any atom is -0.350 e. The van der Waals surface area contributed by atoms with Crippen molar-refractivity contribution in [3.05, 3.63) is 31.8 Å².